The standard InChI is InChI=1S/C18H24N4O3/c1-4-5-6-11-19-18(23)14-8-10-17(22-21-14)20-13-7-9-15(24-2)16(12-13)25-3/h7-10,12H,4-6,11H2,1-3H3,(H,19,23)(H,20,22). The Hall–Kier alpha value is -2.83. The third-order valence-electron chi connectivity index (χ3n) is 3.62. The van der Waals surface area contributed by atoms with Gasteiger partial charge in [-0.1, -0.05) is 19.8 Å². The molecule has 0 bridgehead atoms. The fraction of sp³-hybridized carbons (Fsp3) is 0.389. The van der Waals surface area contributed by atoms with Crippen molar-refractivity contribution in [2.45, 2.75) is 26.2 Å². The van der Waals surface area contributed by atoms with Crippen LogP contribution in [0.15, 0.2) is 30.3 Å². The smallest absolute Gasteiger partial charge is 0.271 e. The lowest BCUT2D eigenvalue weighted by Crippen LogP contribution is -2.25. The lowest BCUT2D eigenvalue weighted by molar-refractivity contribution is 0.0947. The summed E-state index contributed by atoms with van der Waals surface area (Å²) in [7, 11) is 3.16. The van der Waals surface area contributed by atoms with Crippen LogP contribution in [0.4, 0.5) is 11.5 Å². The summed E-state index contributed by atoms with van der Waals surface area (Å²) in [5, 5.41) is 14.0. The molecular formula is C18H24N4O3. The molecule has 0 saturated carbocycles. The largest absolute Gasteiger partial charge is 0.493 e. The Morgan fingerprint density at radius 3 is 2.48 bits per heavy atom. The fourth-order valence-corrected chi connectivity index (χ4v) is 2.25. The molecule has 0 aliphatic rings. The molecule has 7 nitrogen and oxygen atoms in total. The van der Waals surface area contributed by atoms with Crippen LogP contribution in [0.1, 0.15) is 36.7 Å². The summed E-state index contributed by atoms with van der Waals surface area (Å²) < 4.78 is 10.5. The molecule has 2 N–H and O–H groups in total. The van der Waals surface area contributed by atoms with E-state index in [0.717, 1.165) is 24.9 Å². The van der Waals surface area contributed by atoms with E-state index in [2.05, 4.69) is 27.8 Å². The number of carbonyl (C=O) groups is 1. The molecule has 134 valence electrons. The third-order valence-corrected chi connectivity index (χ3v) is 3.62. The highest BCUT2D eigenvalue weighted by Crippen LogP contribution is 2.30. The van der Waals surface area contributed by atoms with Gasteiger partial charge in [0, 0.05) is 18.3 Å². The van der Waals surface area contributed by atoms with Crippen molar-refractivity contribution in [3.8, 4) is 11.5 Å². The summed E-state index contributed by atoms with van der Waals surface area (Å²) in [6, 6.07) is 8.80. The van der Waals surface area contributed by atoms with E-state index in [0.29, 0.717) is 29.6 Å². The molecule has 0 spiro atoms. The van der Waals surface area contributed by atoms with Gasteiger partial charge in [-0.25, -0.2) is 0 Å². The van der Waals surface area contributed by atoms with Gasteiger partial charge in [-0.2, -0.15) is 0 Å². The number of hydrogen-bond donors (Lipinski definition) is 2. The van der Waals surface area contributed by atoms with Crippen molar-refractivity contribution in [1.29, 1.82) is 0 Å². The van der Waals surface area contributed by atoms with Gasteiger partial charge in [0.05, 0.1) is 14.2 Å². The number of amides is 1. The number of nitrogens with zero attached hydrogens (tertiary/aromatic N) is 2. The molecule has 0 aliphatic heterocycles. The lowest BCUT2D eigenvalue weighted by atomic mass is 10.2. The molecule has 0 aliphatic carbocycles. The third kappa shape index (κ3) is 5.34. The zero-order valence-electron chi connectivity index (χ0n) is 14.8. The lowest BCUT2D eigenvalue weighted by Gasteiger charge is -2.10. The number of methoxy groups -OCH3 is 2. The maximum atomic E-state index is 12.0. The Kier molecular flexibility index (Phi) is 7.00. The van der Waals surface area contributed by atoms with Crippen LogP contribution in [0.5, 0.6) is 11.5 Å². The second-order valence-electron chi connectivity index (χ2n) is 5.46. The van der Waals surface area contributed by atoms with Crippen molar-refractivity contribution in [3.63, 3.8) is 0 Å². The minimum atomic E-state index is -0.207. The van der Waals surface area contributed by atoms with E-state index >= 15 is 0 Å². The van der Waals surface area contributed by atoms with Gasteiger partial charge in [-0.05, 0) is 30.7 Å². The Labute approximate surface area is 147 Å². The maximum Gasteiger partial charge on any atom is 0.271 e. The topological polar surface area (TPSA) is 85.4 Å². The Morgan fingerprint density at radius 2 is 1.84 bits per heavy atom. The van der Waals surface area contributed by atoms with Crippen LogP contribution < -0.4 is 20.1 Å². The molecule has 0 fully saturated rings. The average Bonchev–Trinajstić information content (AvgIpc) is 2.65. The molecule has 25 heavy (non-hydrogen) atoms. The first kappa shape index (κ1) is 18.5. The molecule has 2 aromatic rings. The monoisotopic (exact) mass is 344 g/mol. The van der Waals surface area contributed by atoms with Crippen LogP contribution in [0.25, 0.3) is 0 Å². The highest BCUT2D eigenvalue weighted by atomic mass is 16.5. The predicted molar refractivity (Wildman–Crippen MR) is 96.7 cm³/mol. The SMILES string of the molecule is CCCCCNC(=O)c1ccc(Nc2ccc(OC)c(OC)c2)nn1. The van der Waals surface area contributed by atoms with Gasteiger partial charge >= 0.3 is 0 Å². The Morgan fingerprint density at radius 1 is 1.04 bits per heavy atom. The van der Waals surface area contributed by atoms with E-state index in [1.807, 2.05) is 6.07 Å². The van der Waals surface area contributed by atoms with Crippen LogP contribution in [0.2, 0.25) is 0 Å². The van der Waals surface area contributed by atoms with Crippen LogP contribution in [0.3, 0.4) is 0 Å². The molecule has 2 rings (SSSR count). The van der Waals surface area contributed by atoms with Crippen molar-refractivity contribution in [1.82, 2.24) is 15.5 Å². The minimum absolute atomic E-state index is 0.207. The summed E-state index contributed by atoms with van der Waals surface area (Å²) in [5.74, 6) is 1.59. The fourth-order valence-electron chi connectivity index (χ4n) is 2.25. The van der Waals surface area contributed by atoms with Crippen molar-refractivity contribution >= 4 is 17.4 Å². The van der Waals surface area contributed by atoms with E-state index in [1.165, 1.54) is 0 Å². The zero-order chi connectivity index (χ0) is 18.1. The molecule has 1 amide bonds. The van der Waals surface area contributed by atoms with Crippen molar-refractivity contribution in [3.05, 3.63) is 36.0 Å². The number of ether oxygens (including phenoxy) is 2. The number of hydrogen-bond acceptors (Lipinski definition) is 6. The van der Waals surface area contributed by atoms with Gasteiger partial charge in [0.25, 0.3) is 5.91 Å². The van der Waals surface area contributed by atoms with Gasteiger partial charge in [-0.3, -0.25) is 4.79 Å². The van der Waals surface area contributed by atoms with Gasteiger partial charge in [0.15, 0.2) is 23.0 Å². The van der Waals surface area contributed by atoms with Gasteiger partial charge < -0.3 is 20.1 Å². The summed E-state index contributed by atoms with van der Waals surface area (Å²) >= 11 is 0. The van der Waals surface area contributed by atoms with Crippen LogP contribution >= 0.6 is 0 Å². The molecule has 7 heteroatoms. The summed E-state index contributed by atoms with van der Waals surface area (Å²) in [6.45, 7) is 2.78. The number of unbranched alkanes of at least 4 members (excludes halogenated alkanes) is 2. The minimum Gasteiger partial charge on any atom is -0.493 e. The molecule has 1 heterocycles. The van der Waals surface area contributed by atoms with Crippen molar-refractivity contribution < 1.29 is 14.3 Å². The molecule has 1 aromatic carbocycles. The second-order valence-corrected chi connectivity index (χ2v) is 5.46. The molecule has 1 aromatic heterocycles. The van der Waals surface area contributed by atoms with E-state index in [1.54, 1.807) is 38.5 Å². The molecular weight excluding hydrogens is 320 g/mol. The van der Waals surface area contributed by atoms with Gasteiger partial charge in [0.1, 0.15) is 0 Å². The number of benzene rings is 1. The van der Waals surface area contributed by atoms with E-state index in [9.17, 15) is 4.79 Å². The van der Waals surface area contributed by atoms with Gasteiger partial charge in [0.2, 0.25) is 0 Å². The first-order valence-corrected chi connectivity index (χ1v) is 8.29. The van der Waals surface area contributed by atoms with Gasteiger partial charge in [-0.15, -0.1) is 10.2 Å². The summed E-state index contributed by atoms with van der Waals surface area (Å²) in [4.78, 5) is 12.0. The Bertz CT molecular complexity index is 689. The zero-order valence-corrected chi connectivity index (χ0v) is 14.8. The number of carbonyl (C=O) groups excluding carboxylic acids is 1. The highest BCUT2D eigenvalue weighted by Gasteiger charge is 2.09. The van der Waals surface area contributed by atoms with Crippen molar-refractivity contribution in [2.75, 3.05) is 26.1 Å². The van der Waals surface area contributed by atoms with Crippen LogP contribution in [0, 0.1) is 0 Å². The number of rotatable bonds is 9. The maximum absolute atomic E-state index is 12.0. The quantitative estimate of drug-likeness (QED) is 0.680. The Balaban J connectivity index is 1.97. The average molecular weight is 344 g/mol. The van der Waals surface area contributed by atoms with E-state index < -0.39 is 0 Å². The molecule has 0 atom stereocenters. The normalized spacial score (nSPS) is 10.2. The number of aromatic nitrogens is 2. The van der Waals surface area contributed by atoms with Crippen LogP contribution in [-0.2, 0) is 0 Å². The number of nitrogens with one attached hydrogen (secondary N) is 2. The molecule has 0 unspecified atom stereocenters. The molecule has 0 radical (unpaired) electrons. The summed E-state index contributed by atoms with van der Waals surface area (Å²) in [6.07, 6.45) is 3.18. The first-order valence-electron chi connectivity index (χ1n) is 8.29. The van der Waals surface area contributed by atoms with E-state index in [4.69, 9.17) is 9.47 Å². The number of anilines is 2. The highest BCUT2D eigenvalue weighted by molar-refractivity contribution is 5.92. The van der Waals surface area contributed by atoms with Crippen molar-refractivity contribution in [2.24, 2.45) is 0 Å². The van der Waals surface area contributed by atoms with E-state index in [-0.39, 0.29) is 5.91 Å². The first-order chi connectivity index (χ1) is 12.2. The second kappa shape index (κ2) is 9.46. The predicted octanol–water partition coefficient (Wildman–Crippen LogP) is 3.16. The summed E-state index contributed by atoms with van der Waals surface area (Å²) in [5.41, 5.74) is 1.08. The molecule has 0 saturated heterocycles. The van der Waals surface area contributed by atoms with Crippen LogP contribution in [-0.4, -0.2) is 36.9 Å².